The molecule has 2 heterocycles. The third-order valence-corrected chi connectivity index (χ3v) is 4.39. The number of rotatable bonds is 7. The number of hydrogen-bond donors (Lipinski definition) is 0. The van der Waals surface area contributed by atoms with Crippen LogP contribution in [0.1, 0.15) is 11.8 Å². The van der Waals surface area contributed by atoms with Crippen LogP contribution in [0.25, 0.3) is 0 Å². The van der Waals surface area contributed by atoms with E-state index in [0.29, 0.717) is 13.2 Å². The van der Waals surface area contributed by atoms with Crippen molar-refractivity contribution in [3.05, 3.63) is 40.6 Å². The Bertz CT molecular complexity index is 586. The number of hydrogen-bond acceptors (Lipinski definition) is 5. The van der Waals surface area contributed by atoms with Gasteiger partial charge < -0.3 is 19.1 Å². The lowest BCUT2D eigenvalue weighted by atomic mass is 10.2. The van der Waals surface area contributed by atoms with E-state index in [1.807, 2.05) is 13.0 Å². The number of ether oxygens (including phenoxy) is 3. The van der Waals surface area contributed by atoms with Crippen molar-refractivity contribution in [3.8, 4) is 11.5 Å². The molecule has 0 unspecified atom stereocenters. The molecule has 3 rings (SSSR count). The second-order valence-electron chi connectivity index (χ2n) is 5.03. The average Bonchev–Trinajstić information content (AvgIpc) is 3.07. The van der Waals surface area contributed by atoms with Crippen molar-refractivity contribution in [2.24, 2.45) is 0 Å². The van der Waals surface area contributed by atoms with Gasteiger partial charge in [0.2, 0.25) is 0 Å². The van der Waals surface area contributed by atoms with E-state index in [4.69, 9.17) is 14.2 Å². The molecule has 5 heteroatoms. The molecule has 0 radical (unpaired) electrons. The van der Waals surface area contributed by atoms with Gasteiger partial charge in [-0.3, -0.25) is 0 Å². The van der Waals surface area contributed by atoms with Crippen molar-refractivity contribution in [3.63, 3.8) is 0 Å². The summed E-state index contributed by atoms with van der Waals surface area (Å²) < 4.78 is 16.8. The molecule has 1 aromatic carbocycles. The van der Waals surface area contributed by atoms with Gasteiger partial charge in [-0.2, -0.15) is 0 Å². The zero-order chi connectivity index (χ0) is 15.2. The van der Waals surface area contributed by atoms with E-state index < -0.39 is 0 Å². The zero-order valence-electron chi connectivity index (χ0n) is 12.8. The Kier molecular flexibility index (Phi) is 5.19. The van der Waals surface area contributed by atoms with Gasteiger partial charge in [0.1, 0.15) is 13.2 Å². The zero-order valence-corrected chi connectivity index (χ0v) is 13.6. The fourth-order valence-corrected chi connectivity index (χ4v) is 3.16. The first-order chi connectivity index (χ1) is 10.9. The summed E-state index contributed by atoms with van der Waals surface area (Å²) in [5, 5.41) is 2.11. The van der Waals surface area contributed by atoms with Gasteiger partial charge in [-0.05, 0) is 30.5 Å². The lowest BCUT2D eigenvalue weighted by Gasteiger charge is -2.26. The largest absolute Gasteiger partial charge is 0.486 e. The van der Waals surface area contributed by atoms with Crippen molar-refractivity contribution < 1.29 is 14.2 Å². The summed E-state index contributed by atoms with van der Waals surface area (Å²) in [5.41, 5.74) is 1.14. The highest BCUT2D eigenvalue weighted by Crippen LogP contribution is 2.34. The molecular weight excluding hydrogens is 298 g/mol. The van der Waals surface area contributed by atoms with Crippen LogP contribution in [-0.2, 0) is 11.3 Å². The maximum atomic E-state index is 5.69. The number of thiophene rings is 1. The molecule has 0 amide bonds. The van der Waals surface area contributed by atoms with Gasteiger partial charge in [0, 0.05) is 29.8 Å². The normalized spacial score (nSPS) is 13.1. The number of anilines is 1. The van der Waals surface area contributed by atoms with Crippen LogP contribution < -0.4 is 14.4 Å². The van der Waals surface area contributed by atoms with Crippen molar-refractivity contribution >= 4 is 17.0 Å². The second-order valence-corrected chi connectivity index (χ2v) is 6.06. The Morgan fingerprint density at radius 3 is 2.82 bits per heavy atom. The summed E-state index contributed by atoms with van der Waals surface area (Å²) in [7, 11) is 0. The fourth-order valence-electron chi connectivity index (χ4n) is 2.44. The average molecular weight is 319 g/mol. The van der Waals surface area contributed by atoms with E-state index in [2.05, 4.69) is 34.5 Å². The Balaban J connectivity index is 1.77. The molecule has 22 heavy (non-hydrogen) atoms. The third kappa shape index (κ3) is 3.72. The van der Waals surface area contributed by atoms with Crippen LogP contribution in [-0.4, -0.2) is 33.0 Å². The van der Waals surface area contributed by atoms with Gasteiger partial charge in [-0.1, -0.05) is 6.07 Å². The molecule has 0 N–H and O–H groups in total. The third-order valence-electron chi connectivity index (χ3n) is 3.53. The van der Waals surface area contributed by atoms with Crippen LogP contribution in [0, 0.1) is 0 Å². The Morgan fingerprint density at radius 1 is 1.18 bits per heavy atom. The molecule has 0 fully saturated rings. The maximum Gasteiger partial charge on any atom is 0.163 e. The lowest BCUT2D eigenvalue weighted by Crippen LogP contribution is -2.27. The summed E-state index contributed by atoms with van der Waals surface area (Å²) in [6.45, 7) is 6.45. The lowest BCUT2D eigenvalue weighted by molar-refractivity contribution is 0.153. The molecular formula is C17H21NO3S. The highest BCUT2D eigenvalue weighted by molar-refractivity contribution is 7.09. The predicted octanol–water partition coefficient (Wildman–Crippen LogP) is 3.56. The summed E-state index contributed by atoms with van der Waals surface area (Å²) >= 11 is 1.78. The van der Waals surface area contributed by atoms with E-state index in [1.54, 1.807) is 11.3 Å². The maximum absolute atomic E-state index is 5.69. The van der Waals surface area contributed by atoms with Crippen LogP contribution in [0.4, 0.5) is 5.69 Å². The van der Waals surface area contributed by atoms with Gasteiger partial charge in [0.15, 0.2) is 11.5 Å². The Labute approximate surface area is 135 Å². The highest BCUT2D eigenvalue weighted by atomic mass is 32.1. The molecule has 0 saturated heterocycles. The molecule has 2 aromatic rings. The monoisotopic (exact) mass is 319 g/mol. The van der Waals surface area contributed by atoms with Crippen LogP contribution in [0.2, 0.25) is 0 Å². The van der Waals surface area contributed by atoms with Gasteiger partial charge in [0.05, 0.1) is 13.2 Å². The van der Waals surface area contributed by atoms with Gasteiger partial charge >= 0.3 is 0 Å². The van der Waals surface area contributed by atoms with Crippen LogP contribution >= 0.6 is 11.3 Å². The van der Waals surface area contributed by atoms with Crippen LogP contribution in [0.3, 0.4) is 0 Å². The highest BCUT2D eigenvalue weighted by Gasteiger charge is 2.15. The summed E-state index contributed by atoms with van der Waals surface area (Å²) in [4.78, 5) is 3.66. The van der Waals surface area contributed by atoms with Crippen molar-refractivity contribution in [1.82, 2.24) is 0 Å². The van der Waals surface area contributed by atoms with E-state index in [-0.39, 0.29) is 0 Å². The van der Waals surface area contributed by atoms with E-state index in [0.717, 1.165) is 43.5 Å². The number of fused-ring (bicyclic) bond motifs is 1. The van der Waals surface area contributed by atoms with Crippen LogP contribution in [0.15, 0.2) is 35.7 Å². The standard InChI is InChI=1S/C17H21NO3S/c1-2-19-8-7-18(13-15-4-3-11-22-15)14-5-6-16-17(12-14)21-10-9-20-16/h3-6,11-12H,2,7-10,13H2,1H3. The van der Waals surface area contributed by atoms with Gasteiger partial charge in [0.25, 0.3) is 0 Å². The Morgan fingerprint density at radius 2 is 2.05 bits per heavy atom. The first-order valence-corrected chi connectivity index (χ1v) is 8.49. The van der Waals surface area contributed by atoms with E-state index in [9.17, 15) is 0 Å². The minimum Gasteiger partial charge on any atom is -0.486 e. The van der Waals surface area contributed by atoms with Gasteiger partial charge in [-0.25, -0.2) is 0 Å². The van der Waals surface area contributed by atoms with Crippen molar-refractivity contribution in [2.45, 2.75) is 13.5 Å². The quantitative estimate of drug-likeness (QED) is 0.730. The summed E-state index contributed by atoms with van der Waals surface area (Å²) in [5.74, 6) is 1.66. The molecule has 0 bridgehead atoms. The van der Waals surface area contributed by atoms with E-state index >= 15 is 0 Å². The van der Waals surface area contributed by atoms with Crippen molar-refractivity contribution in [1.29, 1.82) is 0 Å². The van der Waals surface area contributed by atoms with E-state index in [1.165, 1.54) is 4.88 Å². The smallest absolute Gasteiger partial charge is 0.163 e. The minimum absolute atomic E-state index is 0.611. The number of nitrogens with zero attached hydrogens (tertiary/aromatic N) is 1. The fraction of sp³-hybridized carbons (Fsp3) is 0.412. The first kappa shape index (κ1) is 15.2. The second kappa shape index (κ2) is 7.51. The predicted molar refractivity (Wildman–Crippen MR) is 89.3 cm³/mol. The molecule has 4 nitrogen and oxygen atoms in total. The number of benzene rings is 1. The Hall–Kier alpha value is -1.72. The van der Waals surface area contributed by atoms with Gasteiger partial charge in [-0.15, -0.1) is 11.3 Å². The molecule has 118 valence electrons. The molecule has 0 aliphatic carbocycles. The summed E-state index contributed by atoms with van der Waals surface area (Å²) in [6.07, 6.45) is 0. The molecule has 1 aliphatic heterocycles. The van der Waals surface area contributed by atoms with Crippen molar-refractivity contribution in [2.75, 3.05) is 37.9 Å². The molecule has 1 aliphatic rings. The SMILES string of the molecule is CCOCCN(Cc1cccs1)c1ccc2c(c1)OCCO2. The minimum atomic E-state index is 0.611. The summed E-state index contributed by atoms with van der Waals surface area (Å²) in [6, 6.07) is 10.4. The molecule has 0 saturated carbocycles. The molecule has 0 atom stereocenters. The topological polar surface area (TPSA) is 30.9 Å². The molecule has 1 aromatic heterocycles. The molecule has 0 spiro atoms. The first-order valence-electron chi connectivity index (χ1n) is 7.61. The van der Waals surface area contributed by atoms with Crippen LogP contribution in [0.5, 0.6) is 11.5 Å².